The van der Waals surface area contributed by atoms with Crippen LogP contribution in [0.5, 0.6) is 0 Å². The van der Waals surface area contributed by atoms with Gasteiger partial charge >= 0.3 is 0 Å². The molecule has 0 fully saturated rings. The van der Waals surface area contributed by atoms with Crippen molar-refractivity contribution in [2.24, 2.45) is 9.39 Å². The minimum absolute atomic E-state index is 1.28. The highest BCUT2D eigenvalue weighted by Gasteiger charge is 2.42. The molecule has 0 saturated carbocycles. The third-order valence-electron chi connectivity index (χ3n) is 0.792. The van der Waals surface area contributed by atoms with Gasteiger partial charge in [0.15, 0.2) is 0 Å². The van der Waals surface area contributed by atoms with Crippen LogP contribution < -0.4 is 0 Å². The number of hydrogen-bond acceptors (Lipinski definition) is 2. The van der Waals surface area contributed by atoms with Crippen LogP contribution in [-0.2, 0) is 0 Å². The van der Waals surface area contributed by atoms with Crippen LogP contribution in [0.4, 0.5) is 0 Å². The molecule has 0 amide bonds. The standard InChI is InChI=1S/C3H2Cl4N2S/c4-3(5,6)10(7)2-8-1-9-10/h1-2H. The molecule has 7 heteroatoms. The molecule has 0 aliphatic carbocycles. The molecule has 1 rings (SSSR count). The van der Waals surface area contributed by atoms with E-state index < -0.39 is 12.6 Å². The summed E-state index contributed by atoms with van der Waals surface area (Å²) in [5.74, 6) is 0. The second-order valence-corrected chi connectivity index (χ2v) is 7.97. The molecular formula is C3H2Cl4N2S. The fourth-order valence-corrected chi connectivity index (χ4v) is 2.01. The molecule has 0 spiro atoms. The van der Waals surface area contributed by atoms with Gasteiger partial charge in [0, 0.05) is 9.43 Å². The first-order chi connectivity index (χ1) is 4.46. The van der Waals surface area contributed by atoms with Crippen molar-refractivity contribution in [2.75, 3.05) is 0 Å². The van der Waals surface area contributed by atoms with E-state index in [1.165, 1.54) is 11.9 Å². The molecule has 0 bridgehead atoms. The Hall–Kier alpha value is 0.850. The lowest BCUT2D eigenvalue weighted by Gasteiger charge is -2.27. The van der Waals surface area contributed by atoms with E-state index >= 15 is 0 Å². The molecule has 1 unspecified atom stereocenters. The minimum Gasteiger partial charge on any atom is -0.236 e. The molecule has 0 aromatic heterocycles. The highest BCUT2D eigenvalue weighted by molar-refractivity contribution is 8.61. The van der Waals surface area contributed by atoms with Crippen molar-refractivity contribution >= 4 is 66.8 Å². The Morgan fingerprint density at radius 2 is 1.90 bits per heavy atom. The third kappa shape index (κ3) is 1.53. The maximum absolute atomic E-state index is 5.79. The molecule has 10 heavy (non-hydrogen) atoms. The zero-order valence-electron chi connectivity index (χ0n) is 4.47. The quantitative estimate of drug-likeness (QED) is 0.580. The molecule has 0 saturated heterocycles. The van der Waals surface area contributed by atoms with Crippen molar-refractivity contribution in [3.63, 3.8) is 0 Å². The van der Waals surface area contributed by atoms with Gasteiger partial charge in [-0.2, -0.15) is 0 Å². The Bertz CT molecular complexity index is 183. The minimum atomic E-state index is -2.17. The van der Waals surface area contributed by atoms with Crippen LogP contribution in [0.1, 0.15) is 0 Å². The molecule has 1 heterocycles. The van der Waals surface area contributed by atoms with E-state index in [2.05, 4.69) is 9.39 Å². The number of aliphatic imine (C=N–C) groups is 1. The van der Waals surface area contributed by atoms with Crippen molar-refractivity contribution in [1.29, 1.82) is 0 Å². The molecule has 2 nitrogen and oxygen atoms in total. The molecule has 1 aliphatic heterocycles. The molecule has 1 atom stereocenters. The molecule has 0 radical (unpaired) electrons. The average Bonchev–Trinajstić information content (AvgIpc) is 2.13. The van der Waals surface area contributed by atoms with Gasteiger partial charge in [-0.15, -0.1) is 0 Å². The zero-order chi connectivity index (χ0) is 7.83. The normalized spacial score (nSPS) is 38.0. The molecular weight excluding hydrogens is 238 g/mol. The highest BCUT2D eigenvalue weighted by Crippen LogP contribution is 2.69. The van der Waals surface area contributed by atoms with Crippen molar-refractivity contribution < 1.29 is 0 Å². The third-order valence-corrected chi connectivity index (χ3v) is 6.24. The second kappa shape index (κ2) is 2.72. The smallest absolute Gasteiger partial charge is 0.236 e. The topological polar surface area (TPSA) is 24.7 Å². The van der Waals surface area contributed by atoms with Gasteiger partial charge in [0.1, 0.15) is 6.34 Å². The van der Waals surface area contributed by atoms with Gasteiger partial charge in [-0.3, -0.25) is 0 Å². The Labute approximate surface area is 79.2 Å². The number of nitrogens with zero attached hydrogens (tertiary/aromatic N) is 2. The van der Waals surface area contributed by atoms with Gasteiger partial charge in [0.25, 0.3) is 3.12 Å². The average molecular weight is 240 g/mol. The van der Waals surface area contributed by atoms with Gasteiger partial charge < -0.3 is 0 Å². The predicted octanol–water partition coefficient (Wildman–Crippen LogP) is 3.26. The fraction of sp³-hybridized carbons (Fsp3) is 0.333. The fourth-order valence-electron chi connectivity index (χ4n) is 0.350. The van der Waals surface area contributed by atoms with Crippen molar-refractivity contribution in [1.82, 2.24) is 0 Å². The van der Waals surface area contributed by atoms with E-state index in [1.54, 1.807) is 0 Å². The first-order valence-corrected chi connectivity index (χ1v) is 5.73. The van der Waals surface area contributed by atoms with Gasteiger partial charge in [-0.1, -0.05) is 34.8 Å². The van der Waals surface area contributed by atoms with E-state index in [0.29, 0.717) is 0 Å². The van der Waals surface area contributed by atoms with Crippen LogP contribution in [0.3, 0.4) is 0 Å². The van der Waals surface area contributed by atoms with Crippen LogP contribution >= 0.6 is 54.9 Å². The Morgan fingerprint density at radius 3 is 2.10 bits per heavy atom. The summed E-state index contributed by atoms with van der Waals surface area (Å²) in [5, 5.41) is 0. The molecule has 0 aromatic rings. The van der Waals surface area contributed by atoms with Crippen molar-refractivity contribution in [3.8, 4) is 0 Å². The molecule has 58 valence electrons. The monoisotopic (exact) mass is 238 g/mol. The van der Waals surface area contributed by atoms with E-state index in [0.717, 1.165) is 0 Å². The van der Waals surface area contributed by atoms with Crippen molar-refractivity contribution in [2.45, 2.75) is 3.12 Å². The Kier molecular flexibility index (Phi) is 2.43. The van der Waals surface area contributed by atoms with Gasteiger partial charge in [0.05, 0.1) is 5.55 Å². The SMILES string of the molecule is ClC(Cl)(Cl)S1(Cl)C=NC=N1. The molecule has 0 N–H and O–H groups in total. The van der Waals surface area contributed by atoms with Crippen LogP contribution in [0, 0.1) is 0 Å². The lowest BCUT2D eigenvalue weighted by atomic mass is 11.3. The summed E-state index contributed by atoms with van der Waals surface area (Å²) in [6.45, 7) is 0. The van der Waals surface area contributed by atoms with Gasteiger partial charge in [-0.05, 0) is 10.7 Å². The summed E-state index contributed by atoms with van der Waals surface area (Å²) in [6, 6.07) is 0. The van der Waals surface area contributed by atoms with Crippen LogP contribution in [0.25, 0.3) is 0 Å². The maximum Gasteiger partial charge on any atom is 0.256 e. The lowest BCUT2D eigenvalue weighted by Crippen LogP contribution is -2.07. The van der Waals surface area contributed by atoms with Gasteiger partial charge in [-0.25, -0.2) is 9.39 Å². The maximum atomic E-state index is 5.79. The molecule has 1 aliphatic rings. The van der Waals surface area contributed by atoms with Crippen LogP contribution in [0.2, 0.25) is 0 Å². The van der Waals surface area contributed by atoms with Crippen LogP contribution in [0.15, 0.2) is 9.39 Å². The summed E-state index contributed by atoms with van der Waals surface area (Å²) in [6.07, 6.45) is 1.28. The van der Waals surface area contributed by atoms with Gasteiger partial charge in [0.2, 0.25) is 0 Å². The summed E-state index contributed by atoms with van der Waals surface area (Å²) in [4.78, 5) is 3.64. The first kappa shape index (κ1) is 8.94. The van der Waals surface area contributed by atoms with E-state index in [-0.39, 0.29) is 0 Å². The number of hydrogen-bond donors (Lipinski definition) is 0. The van der Waals surface area contributed by atoms with Crippen LogP contribution in [-0.4, -0.2) is 15.0 Å². The number of alkyl halides is 3. The summed E-state index contributed by atoms with van der Waals surface area (Å²) < 4.78 is 2.18. The Balaban J connectivity index is 2.90. The largest absolute Gasteiger partial charge is 0.256 e. The summed E-state index contributed by atoms with van der Waals surface area (Å²) >= 11 is 16.5. The zero-order valence-corrected chi connectivity index (χ0v) is 8.31. The number of halogens is 4. The lowest BCUT2D eigenvalue weighted by molar-refractivity contribution is 1.71. The number of rotatable bonds is 0. The van der Waals surface area contributed by atoms with Crippen molar-refractivity contribution in [3.05, 3.63) is 0 Å². The molecule has 0 aromatic carbocycles. The summed E-state index contributed by atoms with van der Waals surface area (Å²) in [7, 11) is 3.61. The van der Waals surface area contributed by atoms with E-state index in [9.17, 15) is 0 Å². The van der Waals surface area contributed by atoms with E-state index in [4.69, 9.17) is 45.5 Å². The highest BCUT2D eigenvalue weighted by atomic mass is 35.7. The first-order valence-electron chi connectivity index (χ1n) is 2.12. The Morgan fingerprint density at radius 1 is 1.30 bits per heavy atom. The second-order valence-electron chi connectivity index (χ2n) is 1.47. The predicted molar refractivity (Wildman–Crippen MR) is 50.7 cm³/mol. The van der Waals surface area contributed by atoms with E-state index in [1.807, 2.05) is 0 Å². The summed E-state index contributed by atoms with van der Waals surface area (Å²) in [5.41, 5.74) is 1.36.